The summed E-state index contributed by atoms with van der Waals surface area (Å²) in [6, 6.07) is 17.7. The Bertz CT molecular complexity index is 1030. The molecule has 3 rings (SSSR count). The fourth-order valence-electron chi connectivity index (χ4n) is 2.74. The van der Waals surface area contributed by atoms with Crippen molar-refractivity contribution in [1.29, 1.82) is 0 Å². The van der Waals surface area contributed by atoms with Crippen molar-refractivity contribution in [3.05, 3.63) is 77.4 Å². The number of fused-ring (bicyclic) bond motifs is 1. The van der Waals surface area contributed by atoms with Crippen LogP contribution in [0.2, 0.25) is 0 Å². The van der Waals surface area contributed by atoms with Crippen LogP contribution < -0.4 is 15.7 Å². The first-order chi connectivity index (χ1) is 12.5. The molecule has 0 aliphatic carbocycles. The number of nitrogens with one attached hydrogen (secondary N) is 2. The van der Waals surface area contributed by atoms with Crippen molar-refractivity contribution in [2.24, 2.45) is 0 Å². The number of anilines is 1. The van der Waals surface area contributed by atoms with Crippen LogP contribution in [-0.4, -0.2) is 17.0 Å². The molecule has 6 heteroatoms. The van der Waals surface area contributed by atoms with Crippen molar-refractivity contribution >= 4 is 45.7 Å². The number of carbonyl (C=O) groups excluding carboxylic acids is 2. The van der Waals surface area contributed by atoms with Crippen molar-refractivity contribution < 1.29 is 14.7 Å². The molecule has 0 saturated carbocycles. The van der Waals surface area contributed by atoms with Crippen LogP contribution in [-0.2, 0) is 0 Å². The van der Waals surface area contributed by atoms with Gasteiger partial charge in [0.05, 0.1) is 5.97 Å². The lowest BCUT2D eigenvalue weighted by atomic mass is 10.0. The van der Waals surface area contributed by atoms with Gasteiger partial charge in [-0.05, 0) is 47.6 Å². The van der Waals surface area contributed by atoms with Crippen molar-refractivity contribution in [1.82, 2.24) is 5.32 Å². The summed E-state index contributed by atoms with van der Waals surface area (Å²) >= 11 is 5.20. The minimum absolute atomic E-state index is 0.0678. The van der Waals surface area contributed by atoms with Gasteiger partial charge in [-0.3, -0.25) is 10.1 Å². The number of aromatic carboxylic acids is 1. The Morgan fingerprint density at radius 2 is 1.58 bits per heavy atom. The number of hydrogen-bond acceptors (Lipinski definition) is 4. The fourth-order valence-corrected chi connectivity index (χ4v) is 2.94. The van der Waals surface area contributed by atoms with Gasteiger partial charge in [-0.1, -0.05) is 48.5 Å². The predicted molar refractivity (Wildman–Crippen MR) is 103 cm³/mol. The van der Waals surface area contributed by atoms with Crippen molar-refractivity contribution in [2.75, 3.05) is 5.32 Å². The molecular weight excluding hydrogens is 348 g/mol. The fraction of sp³-hybridized carbons (Fsp3) is 0.0500. The summed E-state index contributed by atoms with van der Waals surface area (Å²) in [6.45, 7) is 1.64. The summed E-state index contributed by atoms with van der Waals surface area (Å²) in [5, 5.41) is 18.5. The van der Waals surface area contributed by atoms with E-state index in [4.69, 9.17) is 12.2 Å². The van der Waals surface area contributed by atoms with Crippen LogP contribution in [0, 0.1) is 6.92 Å². The van der Waals surface area contributed by atoms with Gasteiger partial charge >= 0.3 is 0 Å². The predicted octanol–water partition coefficient (Wildman–Crippen LogP) is 2.64. The van der Waals surface area contributed by atoms with E-state index in [1.54, 1.807) is 31.2 Å². The molecular formula is C20H15N2O3S-. The molecule has 0 aromatic heterocycles. The Balaban J connectivity index is 1.79. The van der Waals surface area contributed by atoms with E-state index in [-0.39, 0.29) is 16.6 Å². The van der Waals surface area contributed by atoms with Gasteiger partial charge in [0, 0.05) is 16.8 Å². The van der Waals surface area contributed by atoms with Gasteiger partial charge in [-0.15, -0.1) is 0 Å². The van der Waals surface area contributed by atoms with E-state index in [0.29, 0.717) is 16.8 Å². The molecule has 3 aromatic carbocycles. The molecule has 0 radical (unpaired) electrons. The molecule has 0 aliphatic heterocycles. The molecule has 0 fully saturated rings. The summed E-state index contributed by atoms with van der Waals surface area (Å²) < 4.78 is 0. The highest BCUT2D eigenvalue weighted by molar-refractivity contribution is 7.80. The lowest BCUT2D eigenvalue weighted by molar-refractivity contribution is -0.255. The summed E-state index contributed by atoms with van der Waals surface area (Å²) in [4.78, 5) is 23.7. The SMILES string of the molecule is Cc1c(NC(=S)NC(=O)c2cccc3ccccc23)cccc1C(=O)[O-]. The number of rotatable bonds is 3. The Hall–Kier alpha value is -3.25. The Kier molecular flexibility index (Phi) is 4.95. The van der Waals surface area contributed by atoms with Gasteiger partial charge in [-0.25, -0.2) is 0 Å². The molecule has 130 valence electrons. The number of amides is 1. The molecule has 26 heavy (non-hydrogen) atoms. The quantitative estimate of drug-likeness (QED) is 0.699. The average molecular weight is 363 g/mol. The summed E-state index contributed by atoms with van der Waals surface area (Å²) in [7, 11) is 0. The maximum absolute atomic E-state index is 12.6. The molecule has 0 heterocycles. The van der Waals surface area contributed by atoms with Crippen LogP contribution in [0.4, 0.5) is 5.69 Å². The van der Waals surface area contributed by atoms with Gasteiger partial charge in [0.1, 0.15) is 0 Å². The maximum Gasteiger partial charge on any atom is 0.258 e. The van der Waals surface area contributed by atoms with E-state index < -0.39 is 5.97 Å². The summed E-state index contributed by atoms with van der Waals surface area (Å²) in [6.07, 6.45) is 0. The molecule has 2 N–H and O–H groups in total. The maximum atomic E-state index is 12.6. The Morgan fingerprint density at radius 1 is 0.923 bits per heavy atom. The largest absolute Gasteiger partial charge is 0.545 e. The van der Waals surface area contributed by atoms with Crippen molar-refractivity contribution in [2.45, 2.75) is 6.92 Å². The lowest BCUT2D eigenvalue weighted by Gasteiger charge is -2.15. The number of benzene rings is 3. The van der Waals surface area contributed by atoms with Gasteiger partial charge in [-0.2, -0.15) is 0 Å². The second-order valence-corrected chi connectivity index (χ2v) is 6.11. The third-order valence-electron chi connectivity index (χ3n) is 4.06. The topological polar surface area (TPSA) is 81.3 Å². The molecule has 0 atom stereocenters. The second kappa shape index (κ2) is 7.33. The van der Waals surface area contributed by atoms with Crippen molar-refractivity contribution in [3.8, 4) is 0 Å². The lowest BCUT2D eigenvalue weighted by Crippen LogP contribution is -2.34. The average Bonchev–Trinajstić information content (AvgIpc) is 2.62. The monoisotopic (exact) mass is 363 g/mol. The van der Waals surface area contributed by atoms with E-state index in [9.17, 15) is 14.7 Å². The highest BCUT2D eigenvalue weighted by Gasteiger charge is 2.12. The standard InChI is InChI=1S/C20H16N2O3S/c1-12-14(19(24)25)9-5-11-17(12)21-20(26)22-18(23)16-10-4-7-13-6-2-3-8-15(13)16/h2-11H,1H3,(H,24,25)(H2,21,22,23,26)/p-1. The molecule has 0 aliphatic rings. The van der Waals surface area contributed by atoms with E-state index in [2.05, 4.69) is 10.6 Å². The van der Waals surface area contributed by atoms with Crippen LogP contribution >= 0.6 is 12.2 Å². The zero-order chi connectivity index (χ0) is 18.7. The summed E-state index contributed by atoms with van der Waals surface area (Å²) in [5.41, 5.74) is 1.55. The number of hydrogen-bond donors (Lipinski definition) is 2. The number of carbonyl (C=O) groups is 2. The number of carboxylic acids is 1. The number of carboxylic acid groups (broad SMARTS) is 1. The number of thiocarbonyl (C=S) groups is 1. The van der Waals surface area contributed by atoms with Crippen LogP contribution in [0.1, 0.15) is 26.3 Å². The first-order valence-electron chi connectivity index (χ1n) is 7.88. The van der Waals surface area contributed by atoms with Crippen LogP contribution in [0.15, 0.2) is 60.7 Å². The minimum Gasteiger partial charge on any atom is -0.545 e. The van der Waals surface area contributed by atoms with Crippen LogP contribution in [0.3, 0.4) is 0 Å². The summed E-state index contributed by atoms with van der Waals surface area (Å²) in [5.74, 6) is -1.61. The zero-order valence-electron chi connectivity index (χ0n) is 13.9. The second-order valence-electron chi connectivity index (χ2n) is 5.70. The highest BCUT2D eigenvalue weighted by Crippen LogP contribution is 2.20. The van der Waals surface area contributed by atoms with Crippen LogP contribution in [0.5, 0.6) is 0 Å². The zero-order valence-corrected chi connectivity index (χ0v) is 14.7. The highest BCUT2D eigenvalue weighted by atomic mass is 32.1. The minimum atomic E-state index is -1.27. The third kappa shape index (κ3) is 3.55. The van der Waals surface area contributed by atoms with Gasteiger partial charge in [0.2, 0.25) is 0 Å². The van der Waals surface area contributed by atoms with Gasteiger partial charge < -0.3 is 15.2 Å². The van der Waals surface area contributed by atoms with Crippen LogP contribution in [0.25, 0.3) is 10.8 Å². The van der Waals surface area contributed by atoms with E-state index in [0.717, 1.165) is 10.8 Å². The Labute approximate surface area is 155 Å². The molecule has 3 aromatic rings. The van der Waals surface area contributed by atoms with Gasteiger partial charge in [0.25, 0.3) is 5.91 Å². The normalized spacial score (nSPS) is 10.3. The van der Waals surface area contributed by atoms with Gasteiger partial charge in [0.15, 0.2) is 5.11 Å². The molecule has 0 spiro atoms. The van der Waals surface area contributed by atoms with Crippen molar-refractivity contribution in [3.63, 3.8) is 0 Å². The van der Waals surface area contributed by atoms with E-state index >= 15 is 0 Å². The third-order valence-corrected chi connectivity index (χ3v) is 4.27. The first-order valence-corrected chi connectivity index (χ1v) is 8.29. The molecule has 5 nitrogen and oxygen atoms in total. The smallest absolute Gasteiger partial charge is 0.258 e. The molecule has 1 amide bonds. The molecule has 0 unspecified atom stereocenters. The van der Waals surface area contributed by atoms with E-state index in [1.807, 2.05) is 30.3 Å². The molecule has 0 saturated heterocycles. The Morgan fingerprint density at radius 3 is 2.35 bits per heavy atom. The molecule has 0 bridgehead atoms. The van der Waals surface area contributed by atoms with E-state index in [1.165, 1.54) is 6.07 Å². The first kappa shape index (κ1) is 17.6.